The van der Waals surface area contributed by atoms with E-state index in [2.05, 4.69) is 53.8 Å². The zero-order valence-electron chi connectivity index (χ0n) is 20.4. The highest BCUT2D eigenvalue weighted by Crippen LogP contribution is 2.36. The second kappa shape index (κ2) is 10.9. The van der Waals surface area contributed by atoms with Gasteiger partial charge in [-0.2, -0.15) is 0 Å². The molecule has 0 saturated carbocycles. The quantitative estimate of drug-likeness (QED) is 0.271. The van der Waals surface area contributed by atoms with Crippen molar-refractivity contribution in [3.8, 4) is 0 Å². The average Bonchev–Trinajstić information content (AvgIpc) is 2.87. The number of alkyl halides is 1. The molecule has 35 heavy (non-hydrogen) atoms. The minimum absolute atomic E-state index is 0.100. The molecule has 1 unspecified atom stereocenters. The molecule has 0 bridgehead atoms. The molecule has 3 atom stereocenters. The maximum atomic E-state index is 13.7. The largest absolute Gasteiger partial charge is 0.325 e. The van der Waals surface area contributed by atoms with Gasteiger partial charge in [-0.1, -0.05) is 91.9 Å². The molecule has 5 heteroatoms. The van der Waals surface area contributed by atoms with Crippen LogP contribution in [0, 0.1) is 0 Å². The molecule has 1 N–H and O–H groups in total. The maximum absolute atomic E-state index is 13.7. The first kappa shape index (κ1) is 24.7. The van der Waals surface area contributed by atoms with E-state index in [4.69, 9.17) is 11.6 Å². The Labute approximate surface area is 211 Å². The molecule has 0 aliphatic rings. The molecule has 0 aromatic heterocycles. The van der Waals surface area contributed by atoms with E-state index in [-0.39, 0.29) is 29.8 Å². The third-order valence-electron chi connectivity index (χ3n) is 6.71. The standard InChI is InChI=1S/C30H31ClN2O2/c1-4-24(31)19-29(34)32-30(35)33(20(2)25-17-9-13-22-11-5-7-15-27(22)25)21(3)26-18-10-14-23-12-6-8-16-28(23)26/h5-18,20-21,24H,4,19H2,1-3H3,(H,32,34,35)/t20-,21-,24?/m1/s1. The highest BCUT2D eigenvalue weighted by atomic mass is 35.5. The van der Waals surface area contributed by atoms with E-state index in [0.717, 1.165) is 32.7 Å². The Hall–Kier alpha value is -3.37. The van der Waals surface area contributed by atoms with Crippen molar-refractivity contribution in [2.45, 2.75) is 51.1 Å². The molecule has 4 rings (SSSR count). The third kappa shape index (κ3) is 5.33. The molecule has 0 aliphatic carbocycles. The van der Waals surface area contributed by atoms with Crippen LogP contribution in [0.1, 0.15) is 56.8 Å². The van der Waals surface area contributed by atoms with Crippen LogP contribution in [-0.4, -0.2) is 22.2 Å². The molecule has 0 heterocycles. The number of urea groups is 1. The SMILES string of the molecule is CCC(Cl)CC(=O)NC(=O)N([C@H](C)c1cccc2ccccc12)[C@H](C)c1cccc2ccccc12. The molecule has 0 radical (unpaired) electrons. The molecule has 180 valence electrons. The van der Waals surface area contributed by atoms with Crippen molar-refractivity contribution in [3.05, 3.63) is 96.1 Å². The van der Waals surface area contributed by atoms with Gasteiger partial charge < -0.3 is 4.90 Å². The van der Waals surface area contributed by atoms with Crippen molar-refractivity contribution >= 4 is 45.1 Å². The van der Waals surface area contributed by atoms with Crippen molar-refractivity contribution < 1.29 is 9.59 Å². The minimum Gasteiger partial charge on any atom is -0.311 e. The van der Waals surface area contributed by atoms with E-state index in [1.807, 2.05) is 57.2 Å². The first-order chi connectivity index (χ1) is 16.9. The van der Waals surface area contributed by atoms with Crippen LogP contribution in [0.25, 0.3) is 21.5 Å². The average molecular weight is 487 g/mol. The number of benzene rings is 4. The Bertz CT molecular complexity index is 1260. The molecule has 0 fully saturated rings. The van der Waals surface area contributed by atoms with E-state index < -0.39 is 6.03 Å². The van der Waals surface area contributed by atoms with Gasteiger partial charge in [0.25, 0.3) is 0 Å². The number of carbonyl (C=O) groups is 2. The van der Waals surface area contributed by atoms with Crippen LogP contribution < -0.4 is 5.32 Å². The summed E-state index contributed by atoms with van der Waals surface area (Å²) >= 11 is 6.18. The van der Waals surface area contributed by atoms with E-state index >= 15 is 0 Å². The van der Waals surface area contributed by atoms with E-state index in [0.29, 0.717) is 6.42 Å². The summed E-state index contributed by atoms with van der Waals surface area (Å²) in [5, 5.41) is 6.70. The lowest BCUT2D eigenvalue weighted by Gasteiger charge is -2.36. The number of amides is 3. The molecule has 4 nitrogen and oxygen atoms in total. The van der Waals surface area contributed by atoms with Gasteiger partial charge in [-0.15, -0.1) is 11.6 Å². The Morgan fingerprint density at radius 1 is 0.771 bits per heavy atom. The van der Waals surface area contributed by atoms with Gasteiger partial charge in [0.2, 0.25) is 5.91 Å². The predicted octanol–water partition coefficient (Wildman–Crippen LogP) is 7.76. The molecule has 4 aromatic rings. The van der Waals surface area contributed by atoms with Gasteiger partial charge in [-0.3, -0.25) is 10.1 Å². The number of rotatable bonds is 7. The lowest BCUT2D eigenvalue weighted by atomic mass is 9.94. The molecule has 0 spiro atoms. The first-order valence-electron chi connectivity index (χ1n) is 12.1. The van der Waals surface area contributed by atoms with Gasteiger partial charge in [0, 0.05) is 11.8 Å². The summed E-state index contributed by atoms with van der Waals surface area (Å²) in [6.45, 7) is 5.96. The summed E-state index contributed by atoms with van der Waals surface area (Å²) in [4.78, 5) is 28.1. The highest BCUT2D eigenvalue weighted by Gasteiger charge is 2.30. The molecule has 0 aliphatic heterocycles. The summed E-state index contributed by atoms with van der Waals surface area (Å²) in [5.41, 5.74) is 2.06. The second-order valence-electron chi connectivity index (χ2n) is 8.96. The summed E-state index contributed by atoms with van der Waals surface area (Å²) < 4.78 is 0. The number of hydrogen-bond acceptors (Lipinski definition) is 2. The van der Waals surface area contributed by atoms with Gasteiger partial charge >= 0.3 is 6.03 Å². The van der Waals surface area contributed by atoms with E-state index in [1.54, 1.807) is 4.90 Å². The van der Waals surface area contributed by atoms with Gasteiger partial charge in [0.15, 0.2) is 0 Å². The molecule has 4 aromatic carbocycles. The lowest BCUT2D eigenvalue weighted by Crippen LogP contribution is -2.45. The normalized spacial score (nSPS) is 13.8. The molecule has 3 amide bonds. The number of fused-ring (bicyclic) bond motifs is 2. The van der Waals surface area contributed by atoms with Gasteiger partial charge in [-0.25, -0.2) is 4.79 Å². The molecular weight excluding hydrogens is 456 g/mol. The first-order valence-corrected chi connectivity index (χ1v) is 12.6. The zero-order chi connectivity index (χ0) is 24.9. The smallest absolute Gasteiger partial charge is 0.311 e. The van der Waals surface area contributed by atoms with Crippen molar-refractivity contribution in [2.75, 3.05) is 0 Å². The summed E-state index contributed by atoms with van der Waals surface area (Å²) in [6.07, 6.45) is 0.759. The Morgan fingerprint density at radius 2 is 1.23 bits per heavy atom. The Balaban J connectivity index is 1.77. The number of imide groups is 1. The number of nitrogens with one attached hydrogen (secondary N) is 1. The topological polar surface area (TPSA) is 49.4 Å². The van der Waals surface area contributed by atoms with Crippen LogP contribution in [0.5, 0.6) is 0 Å². The van der Waals surface area contributed by atoms with E-state index in [1.165, 1.54) is 0 Å². The minimum atomic E-state index is -0.421. The van der Waals surface area contributed by atoms with Crippen LogP contribution in [0.3, 0.4) is 0 Å². The van der Waals surface area contributed by atoms with Crippen LogP contribution >= 0.6 is 11.6 Å². The number of carbonyl (C=O) groups excluding carboxylic acids is 2. The molecule has 0 saturated heterocycles. The maximum Gasteiger partial charge on any atom is 0.325 e. The molecular formula is C30H31ClN2O2. The van der Waals surface area contributed by atoms with Gasteiger partial charge in [0.1, 0.15) is 0 Å². The van der Waals surface area contributed by atoms with Crippen LogP contribution in [-0.2, 0) is 4.79 Å². The fraction of sp³-hybridized carbons (Fsp3) is 0.267. The fourth-order valence-corrected chi connectivity index (χ4v) is 4.94. The summed E-state index contributed by atoms with van der Waals surface area (Å²) in [6, 6.07) is 27.6. The number of nitrogens with zero attached hydrogens (tertiary/aromatic N) is 1. The van der Waals surface area contributed by atoms with Crippen molar-refractivity contribution in [1.29, 1.82) is 0 Å². The fourth-order valence-electron chi connectivity index (χ4n) is 4.80. The van der Waals surface area contributed by atoms with Crippen molar-refractivity contribution in [1.82, 2.24) is 10.2 Å². The number of hydrogen-bond donors (Lipinski definition) is 1. The lowest BCUT2D eigenvalue weighted by molar-refractivity contribution is -0.120. The zero-order valence-corrected chi connectivity index (χ0v) is 21.1. The predicted molar refractivity (Wildman–Crippen MR) is 145 cm³/mol. The van der Waals surface area contributed by atoms with E-state index in [9.17, 15) is 9.59 Å². The number of halogens is 1. The van der Waals surface area contributed by atoms with Crippen molar-refractivity contribution in [3.63, 3.8) is 0 Å². The third-order valence-corrected chi connectivity index (χ3v) is 7.18. The van der Waals surface area contributed by atoms with Gasteiger partial charge in [-0.05, 0) is 52.9 Å². The Kier molecular flexibility index (Phi) is 7.72. The highest BCUT2D eigenvalue weighted by molar-refractivity contribution is 6.21. The van der Waals surface area contributed by atoms with Crippen molar-refractivity contribution in [2.24, 2.45) is 0 Å². The summed E-state index contributed by atoms with van der Waals surface area (Å²) in [5.74, 6) is -0.364. The van der Waals surface area contributed by atoms with Crippen LogP contribution in [0.2, 0.25) is 0 Å². The van der Waals surface area contributed by atoms with Crippen LogP contribution in [0.15, 0.2) is 84.9 Å². The Morgan fingerprint density at radius 3 is 1.71 bits per heavy atom. The monoisotopic (exact) mass is 486 g/mol. The van der Waals surface area contributed by atoms with Gasteiger partial charge in [0.05, 0.1) is 12.1 Å². The van der Waals surface area contributed by atoms with Crippen LogP contribution in [0.4, 0.5) is 4.79 Å². The second-order valence-corrected chi connectivity index (χ2v) is 9.58. The summed E-state index contributed by atoms with van der Waals surface area (Å²) in [7, 11) is 0.